The van der Waals surface area contributed by atoms with Crippen molar-refractivity contribution in [2.24, 2.45) is 5.73 Å². The zero-order valence-corrected chi connectivity index (χ0v) is 11.9. The highest BCUT2D eigenvalue weighted by molar-refractivity contribution is 9.10. The van der Waals surface area contributed by atoms with Crippen LogP contribution in [-0.4, -0.2) is 12.7 Å². The summed E-state index contributed by atoms with van der Waals surface area (Å²) >= 11 is 3.55. The summed E-state index contributed by atoms with van der Waals surface area (Å²) in [6, 6.07) is 6.36. The van der Waals surface area contributed by atoms with E-state index < -0.39 is 0 Å². The second-order valence-corrected chi connectivity index (χ2v) is 5.63. The summed E-state index contributed by atoms with van der Waals surface area (Å²) in [5.41, 5.74) is 8.77. The van der Waals surface area contributed by atoms with Crippen molar-refractivity contribution >= 4 is 15.9 Å². The Kier molecular flexibility index (Phi) is 4.60. The van der Waals surface area contributed by atoms with Gasteiger partial charge >= 0.3 is 0 Å². The average molecular weight is 298 g/mol. The topological polar surface area (TPSA) is 35.2 Å². The molecule has 0 spiro atoms. The van der Waals surface area contributed by atoms with Gasteiger partial charge in [0.15, 0.2) is 0 Å². The molecule has 1 aromatic carbocycles. The van der Waals surface area contributed by atoms with Crippen LogP contribution in [-0.2, 0) is 4.74 Å². The molecule has 94 valence electrons. The number of ether oxygens (including phenoxy) is 1. The third-order valence-corrected chi connectivity index (χ3v) is 4.39. The molecule has 2 nitrogen and oxygen atoms in total. The Morgan fingerprint density at radius 3 is 3.06 bits per heavy atom. The molecule has 1 aromatic rings. The van der Waals surface area contributed by atoms with E-state index in [9.17, 15) is 0 Å². The Labute approximate surface area is 112 Å². The first-order chi connectivity index (χ1) is 8.18. The molecule has 0 saturated carbocycles. The molecule has 1 fully saturated rings. The van der Waals surface area contributed by atoms with Gasteiger partial charge in [0.25, 0.3) is 0 Å². The molecular weight excluding hydrogens is 278 g/mol. The number of benzene rings is 1. The number of halogens is 1. The van der Waals surface area contributed by atoms with Crippen molar-refractivity contribution in [2.75, 3.05) is 6.61 Å². The first-order valence-corrected chi connectivity index (χ1v) is 7.10. The summed E-state index contributed by atoms with van der Waals surface area (Å²) in [5.74, 6) is 0. The van der Waals surface area contributed by atoms with Crippen molar-refractivity contribution in [1.82, 2.24) is 0 Å². The summed E-state index contributed by atoms with van der Waals surface area (Å²) in [5, 5.41) is 0. The average Bonchev–Trinajstić information content (AvgIpc) is 2.82. The summed E-state index contributed by atoms with van der Waals surface area (Å²) in [6.45, 7) is 3.04. The van der Waals surface area contributed by atoms with E-state index in [0.29, 0.717) is 6.10 Å². The fourth-order valence-electron chi connectivity index (χ4n) is 2.42. The van der Waals surface area contributed by atoms with E-state index in [0.717, 1.165) is 23.9 Å². The van der Waals surface area contributed by atoms with Crippen LogP contribution in [0.3, 0.4) is 0 Å². The van der Waals surface area contributed by atoms with Crippen LogP contribution in [0.15, 0.2) is 22.7 Å². The van der Waals surface area contributed by atoms with Gasteiger partial charge < -0.3 is 10.5 Å². The maximum absolute atomic E-state index is 6.27. The molecule has 1 aliphatic rings. The highest BCUT2D eigenvalue weighted by Gasteiger charge is 2.18. The summed E-state index contributed by atoms with van der Waals surface area (Å²) < 4.78 is 6.77. The highest BCUT2D eigenvalue weighted by atomic mass is 79.9. The molecule has 1 heterocycles. The molecule has 2 atom stereocenters. The quantitative estimate of drug-likeness (QED) is 0.919. The van der Waals surface area contributed by atoms with Crippen molar-refractivity contribution < 1.29 is 4.74 Å². The fourth-order valence-corrected chi connectivity index (χ4v) is 2.80. The zero-order chi connectivity index (χ0) is 12.3. The van der Waals surface area contributed by atoms with Gasteiger partial charge in [0.1, 0.15) is 0 Å². The summed E-state index contributed by atoms with van der Waals surface area (Å²) in [7, 11) is 0. The van der Waals surface area contributed by atoms with Crippen LogP contribution in [0.1, 0.15) is 42.9 Å². The predicted molar refractivity (Wildman–Crippen MR) is 74.0 cm³/mol. The maximum Gasteiger partial charge on any atom is 0.0576 e. The lowest BCUT2D eigenvalue weighted by Gasteiger charge is -2.17. The van der Waals surface area contributed by atoms with Gasteiger partial charge in [-0.2, -0.15) is 0 Å². The fraction of sp³-hybridized carbons (Fsp3) is 0.571. The molecule has 3 heteroatoms. The third kappa shape index (κ3) is 3.30. The van der Waals surface area contributed by atoms with E-state index in [1.54, 1.807) is 0 Å². The van der Waals surface area contributed by atoms with Gasteiger partial charge in [0, 0.05) is 17.1 Å². The Bertz CT molecular complexity index is 374. The van der Waals surface area contributed by atoms with E-state index >= 15 is 0 Å². The molecule has 0 radical (unpaired) electrons. The van der Waals surface area contributed by atoms with Crippen LogP contribution in [0.2, 0.25) is 0 Å². The van der Waals surface area contributed by atoms with Crippen LogP contribution in [0.25, 0.3) is 0 Å². The maximum atomic E-state index is 6.27. The Morgan fingerprint density at radius 1 is 1.53 bits per heavy atom. The number of hydrogen-bond donors (Lipinski definition) is 1. The first kappa shape index (κ1) is 13.1. The normalized spacial score (nSPS) is 21.7. The summed E-state index contributed by atoms with van der Waals surface area (Å²) in [4.78, 5) is 0. The minimum absolute atomic E-state index is 0.122. The smallest absolute Gasteiger partial charge is 0.0576 e. The summed E-state index contributed by atoms with van der Waals surface area (Å²) in [6.07, 6.45) is 4.92. The van der Waals surface area contributed by atoms with Gasteiger partial charge in [0.05, 0.1) is 6.10 Å². The van der Waals surface area contributed by atoms with Crippen molar-refractivity contribution in [1.29, 1.82) is 0 Å². The molecule has 1 aliphatic heterocycles. The van der Waals surface area contributed by atoms with Gasteiger partial charge in [-0.05, 0) is 49.8 Å². The minimum Gasteiger partial charge on any atom is -0.378 e. The standard InChI is InChI=1S/C14H20BrNO/c1-10-12(5-2-6-13(10)15)14(16)8-7-11-4-3-9-17-11/h2,5-6,11,14H,3-4,7-9,16H2,1H3. The Morgan fingerprint density at radius 2 is 2.35 bits per heavy atom. The number of rotatable bonds is 4. The lowest BCUT2D eigenvalue weighted by atomic mass is 9.96. The van der Waals surface area contributed by atoms with Gasteiger partial charge in [-0.15, -0.1) is 0 Å². The van der Waals surface area contributed by atoms with Crippen molar-refractivity contribution in [3.05, 3.63) is 33.8 Å². The lowest BCUT2D eigenvalue weighted by molar-refractivity contribution is 0.101. The van der Waals surface area contributed by atoms with Gasteiger partial charge in [-0.1, -0.05) is 28.1 Å². The van der Waals surface area contributed by atoms with Crippen LogP contribution < -0.4 is 5.73 Å². The second kappa shape index (κ2) is 5.98. The highest BCUT2D eigenvalue weighted by Crippen LogP contribution is 2.27. The Hall–Kier alpha value is -0.380. The van der Waals surface area contributed by atoms with Crippen molar-refractivity contribution in [3.63, 3.8) is 0 Å². The monoisotopic (exact) mass is 297 g/mol. The molecule has 0 amide bonds. The number of hydrogen-bond acceptors (Lipinski definition) is 2. The van der Waals surface area contributed by atoms with Crippen molar-refractivity contribution in [3.8, 4) is 0 Å². The van der Waals surface area contributed by atoms with Crippen LogP contribution >= 0.6 is 15.9 Å². The second-order valence-electron chi connectivity index (χ2n) is 4.77. The minimum atomic E-state index is 0.122. The van der Waals surface area contributed by atoms with Crippen LogP contribution in [0.5, 0.6) is 0 Å². The van der Waals surface area contributed by atoms with E-state index in [2.05, 4.69) is 41.1 Å². The van der Waals surface area contributed by atoms with Crippen LogP contribution in [0.4, 0.5) is 0 Å². The molecule has 1 saturated heterocycles. The van der Waals surface area contributed by atoms with Gasteiger partial charge in [-0.25, -0.2) is 0 Å². The molecule has 0 bridgehead atoms. The van der Waals surface area contributed by atoms with E-state index in [-0.39, 0.29) is 6.04 Å². The SMILES string of the molecule is Cc1c(Br)cccc1C(N)CCC1CCCO1. The largest absolute Gasteiger partial charge is 0.378 e. The predicted octanol–water partition coefficient (Wildman–Crippen LogP) is 3.72. The third-order valence-electron chi connectivity index (χ3n) is 3.53. The van der Waals surface area contributed by atoms with Gasteiger partial charge in [-0.3, -0.25) is 0 Å². The van der Waals surface area contributed by atoms with Crippen LogP contribution in [0, 0.1) is 6.92 Å². The van der Waals surface area contributed by atoms with E-state index in [4.69, 9.17) is 10.5 Å². The number of nitrogens with two attached hydrogens (primary N) is 1. The molecule has 2 rings (SSSR count). The van der Waals surface area contributed by atoms with Gasteiger partial charge in [0.2, 0.25) is 0 Å². The molecule has 17 heavy (non-hydrogen) atoms. The first-order valence-electron chi connectivity index (χ1n) is 6.30. The molecule has 2 unspecified atom stereocenters. The van der Waals surface area contributed by atoms with E-state index in [1.165, 1.54) is 24.0 Å². The molecule has 0 aromatic heterocycles. The Balaban J connectivity index is 1.94. The molecule has 2 N–H and O–H groups in total. The molecule has 0 aliphatic carbocycles. The lowest BCUT2D eigenvalue weighted by Crippen LogP contribution is -2.15. The molecular formula is C14H20BrNO. The van der Waals surface area contributed by atoms with Crippen molar-refractivity contribution in [2.45, 2.75) is 44.8 Å². The van der Waals surface area contributed by atoms with E-state index in [1.807, 2.05) is 0 Å². The zero-order valence-electron chi connectivity index (χ0n) is 10.3.